The summed E-state index contributed by atoms with van der Waals surface area (Å²) in [5.41, 5.74) is 1.83. The van der Waals surface area contributed by atoms with Crippen molar-refractivity contribution in [1.82, 2.24) is 0 Å². The van der Waals surface area contributed by atoms with Crippen LogP contribution in [0.1, 0.15) is 63.4 Å². The van der Waals surface area contributed by atoms with Crippen molar-refractivity contribution >= 4 is 11.7 Å². The van der Waals surface area contributed by atoms with Gasteiger partial charge in [0.15, 0.2) is 5.69 Å². The Balaban J connectivity index is 2.85. The Morgan fingerprint density at radius 3 is 2.57 bits per heavy atom. The van der Waals surface area contributed by atoms with E-state index in [1.165, 1.54) is 0 Å². The third-order valence-corrected chi connectivity index (χ3v) is 3.70. The number of carbonyl (C=O) groups excluding carboxylic acids is 1. The molecule has 1 rings (SSSR count). The number of carbonyl (C=O) groups is 1. The van der Waals surface area contributed by atoms with E-state index in [2.05, 4.69) is 18.7 Å². The number of rotatable bonds is 5. The number of nitrogens with zero attached hydrogens (tertiary/aromatic N) is 1. The lowest BCUT2D eigenvalue weighted by Crippen LogP contribution is -2.14. The topological polar surface area (TPSA) is 30.7 Å². The number of hydrogen-bond donors (Lipinski definition) is 0. The second-order valence-corrected chi connectivity index (χ2v) is 6.53. The molecule has 0 aromatic heterocycles. The Labute approximate surface area is 128 Å². The first-order chi connectivity index (χ1) is 9.79. The van der Waals surface area contributed by atoms with Crippen LogP contribution >= 0.6 is 0 Å². The largest absolute Gasteiger partial charge is 0.462 e. The summed E-state index contributed by atoms with van der Waals surface area (Å²) in [5, 5.41) is 0. The fourth-order valence-electron chi connectivity index (χ4n) is 2.00. The minimum Gasteiger partial charge on any atom is -0.462 e. The van der Waals surface area contributed by atoms with Crippen molar-refractivity contribution in [2.24, 2.45) is 5.92 Å². The first-order valence-electron chi connectivity index (χ1n) is 7.48. The quantitative estimate of drug-likeness (QED) is 0.555. The fraction of sp³-hybridized carbons (Fsp3) is 0.556. The second-order valence-electron chi connectivity index (χ2n) is 6.53. The van der Waals surface area contributed by atoms with Gasteiger partial charge in [-0.05, 0) is 23.3 Å². The summed E-state index contributed by atoms with van der Waals surface area (Å²) in [5.74, 6) is 0.257. The molecule has 0 unspecified atom stereocenters. The van der Waals surface area contributed by atoms with E-state index < -0.39 is 0 Å². The van der Waals surface area contributed by atoms with Gasteiger partial charge in [-0.3, -0.25) is 0 Å². The Morgan fingerprint density at radius 2 is 2.05 bits per heavy atom. The van der Waals surface area contributed by atoms with Crippen molar-refractivity contribution in [2.75, 3.05) is 6.61 Å². The molecular formula is C18H25NO2. The summed E-state index contributed by atoms with van der Waals surface area (Å²) in [4.78, 5) is 15.6. The lowest BCUT2D eigenvalue weighted by atomic mass is 9.85. The van der Waals surface area contributed by atoms with E-state index in [0.29, 0.717) is 23.8 Å². The summed E-state index contributed by atoms with van der Waals surface area (Å²) in [6, 6.07) is 5.17. The van der Waals surface area contributed by atoms with Gasteiger partial charge in [-0.2, -0.15) is 0 Å². The predicted octanol–water partition coefficient (Wildman–Crippen LogP) is 5.13. The predicted molar refractivity (Wildman–Crippen MR) is 85.8 cm³/mol. The van der Waals surface area contributed by atoms with E-state index >= 15 is 0 Å². The zero-order valence-electron chi connectivity index (χ0n) is 13.7. The molecule has 0 amide bonds. The van der Waals surface area contributed by atoms with Crippen molar-refractivity contribution in [3.8, 4) is 0 Å². The van der Waals surface area contributed by atoms with Crippen LogP contribution in [-0.4, -0.2) is 12.6 Å². The Hall–Kier alpha value is -1.82. The maximum absolute atomic E-state index is 12.1. The van der Waals surface area contributed by atoms with E-state index in [0.717, 1.165) is 18.4 Å². The van der Waals surface area contributed by atoms with Gasteiger partial charge in [-0.25, -0.2) is 9.64 Å². The molecule has 0 aliphatic heterocycles. The lowest BCUT2D eigenvalue weighted by molar-refractivity contribution is 0.0484. The molecule has 3 nitrogen and oxygen atoms in total. The van der Waals surface area contributed by atoms with Gasteiger partial charge < -0.3 is 4.74 Å². The zero-order valence-corrected chi connectivity index (χ0v) is 13.7. The van der Waals surface area contributed by atoms with Crippen LogP contribution in [0.25, 0.3) is 4.85 Å². The monoisotopic (exact) mass is 287 g/mol. The van der Waals surface area contributed by atoms with E-state index in [4.69, 9.17) is 11.3 Å². The number of esters is 1. The van der Waals surface area contributed by atoms with Crippen molar-refractivity contribution in [3.63, 3.8) is 0 Å². The van der Waals surface area contributed by atoms with Crippen LogP contribution in [-0.2, 0) is 10.2 Å². The molecule has 1 atom stereocenters. The fourth-order valence-corrected chi connectivity index (χ4v) is 2.00. The highest BCUT2D eigenvalue weighted by molar-refractivity contribution is 5.90. The molecule has 114 valence electrons. The van der Waals surface area contributed by atoms with Gasteiger partial charge in [0.05, 0.1) is 18.7 Å². The lowest BCUT2D eigenvalue weighted by Gasteiger charge is -2.21. The Morgan fingerprint density at radius 1 is 1.38 bits per heavy atom. The van der Waals surface area contributed by atoms with Gasteiger partial charge in [0.1, 0.15) is 0 Å². The van der Waals surface area contributed by atoms with Crippen LogP contribution in [0.15, 0.2) is 18.2 Å². The van der Waals surface area contributed by atoms with E-state index in [-0.39, 0.29) is 11.4 Å². The van der Waals surface area contributed by atoms with E-state index in [1.54, 1.807) is 18.2 Å². The second kappa shape index (κ2) is 7.26. The maximum atomic E-state index is 12.1. The molecule has 0 saturated heterocycles. The summed E-state index contributed by atoms with van der Waals surface area (Å²) in [6.45, 7) is 18.1. The van der Waals surface area contributed by atoms with Crippen molar-refractivity contribution in [2.45, 2.75) is 52.9 Å². The SMILES string of the molecule is [C-]#[N+]c1ccc(C(=O)OCC[C@H](C)CC)cc1C(C)(C)C. The molecular weight excluding hydrogens is 262 g/mol. The van der Waals surface area contributed by atoms with Crippen LogP contribution in [0, 0.1) is 12.5 Å². The third kappa shape index (κ3) is 4.90. The number of benzene rings is 1. The zero-order chi connectivity index (χ0) is 16.0. The van der Waals surface area contributed by atoms with Gasteiger partial charge in [0.25, 0.3) is 0 Å². The maximum Gasteiger partial charge on any atom is 0.338 e. The van der Waals surface area contributed by atoms with Crippen molar-refractivity contribution in [1.29, 1.82) is 0 Å². The molecule has 1 aromatic rings. The first-order valence-corrected chi connectivity index (χ1v) is 7.48. The summed E-state index contributed by atoms with van der Waals surface area (Å²) in [6.07, 6.45) is 1.97. The molecule has 3 heteroatoms. The highest BCUT2D eigenvalue weighted by Gasteiger charge is 2.20. The molecule has 0 heterocycles. The van der Waals surface area contributed by atoms with E-state index in [9.17, 15) is 4.79 Å². The summed E-state index contributed by atoms with van der Waals surface area (Å²) in [7, 11) is 0. The van der Waals surface area contributed by atoms with Gasteiger partial charge in [-0.15, -0.1) is 0 Å². The standard InChI is InChI=1S/C18H25NO2/c1-7-13(2)10-11-21-17(20)14-8-9-16(19-6)15(12-14)18(3,4)5/h8-9,12-13H,7,10-11H2,1-5H3/t13-/m1/s1. The Kier molecular flexibility index (Phi) is 5.96. The van der Waals surface area contributed by atoms with Crippen LogP contribution in [0.2, 0.25) is 0 Å². The van der Waals surface area contributed by atoms with Crippen molar-refractivity contribution < 1.29 is 9.53 Å². The van der Waals surface area contributed by atoms with E-state index in [1.807, 2.05) is 20.8 Å². The summed E-state index contributed by atoms with van der Waals surface area (Å²) < 4.78 is 5.33. The number of ether oxygens (including phenoxy) is 1. The minimum atomic E-state index is -0.305. The Bertz CT molecular complexity index is 535. The van der Waals surface area contributed by atoms with Crippen molar-refractivity contribution in [3.05, 3.63) is 40.7 Å². The van der Waals surface area contributed by atoms with Gasteiger partial charge in [0, 0.05) is 0 Å². The smallest absolute Gasteiger partial charge is 0.338 e. The highest BCUT2D eigenvalue weighted by atomic mass is 16.5. The normalized spacial score (nSPS) is 12.6. The summed E-state index contributed by atoms with van der Waals surface area (Å²) >= 11 is 0. The molecule has 0 spiro atoms. The number of hydrogen-bond acceptors (Lipinski definition) is 2. The van der Waals surface area contributed by atoms with Crippen LogP contribution in [0.4, 0.5) is 5.69 Å². The molecule has 0 fully saturated rings. The molecule has 0 N–H and O–H groups in total. The molecule has 1 aromatic carbocycles. The molecule has 0 saturated carbocycles. The molecule has 21 heavy (non-hydrogen) atoms. The first kappa shape index (κ1) is 17.2. The van der Waals surface area contributed by atoms with Crippen LogP contribution in [0.3, 0.4) is 0 Å². The van der Waals surface area contributed by atoms with Gasteiger partial charge in [-0.1, -0.05) is 59.2 Å². The molecule has 0 aliphatic rings. The highest BCUT2D eigenvalue weighted by Crippen LogP contribution is 2.32. The average molecular weight is 287 g/mol. The van der Waals surface area contributed by atoms with Crippen LogP contribution < -0.4 is 0 Å². The van der Waals surface area contributed by atoms with Gasteiger partial charge in [0.2, 0.25) is 0 Å². The van der Waals surface area contributed by atoms with Gasteiger partial charge >= 0.3 is 5.97 Å². The molecule has 0 radical (unpaired) electrons. The van der Waals surface area contributed by atoms with Crippen LogP contribution in [0.5, 0.6) is 0 Å². The minimum absolute atomic E-state index is 0.174. The molecule has 0 bridgehead atoms. The average Bonchev–Trinajstić information content (AvgIpc) is 2.45. The third-order valence-electron chi connectivity index (χ3n) is 3.70. The molecule has 0 aliphatic carbocycles.